The number of carbonyl (C=O) groups excluding carboxylic acids is 2. The summed E-state index contributed by atoms with van der Waals surface area (Å²) in [6.07, 6.45) is 3.20. The highest BCUT2D eigenvalue weighted by Gasteiger charge is 2.34. The Morgan fingerprint density at radius 3 is 2.91 bits per heavy atom. The van der Waals surface area contributed by atoms with Crippen LogP contribution in [0.15, 0.2) is 5.38 Å². The largest absolute Gasteiger partial charge is 0.344 e. The van der Waals surface area contributed by atoms with Crippen molar-refractivity contribution in [1.29, 1.82) is 0 Å². The zero-order chi connectivity index (χ0) is 15.7. The van der Waals surface area contributed by atoms with Crippen LogP contribution in [0.5, 0.6) is 0 Å². The first-order valence-corrected chi connectivity index (χ1v) is 8.96. The highest BCUT2D eigenvalue weighted by molar-refractivity contribution is 7.09. The molecule has 1 N–H and O–H groups in total. The molecule has 3 rings (SSSR count). The number of hydrogen-bond acceptors (Lipinski definition) is 4. The molecular formula is C16H23N3O2S. The summed E-state index contributed by atoms with van der Waals surface area (Å²) in [4.78, 5) is 30.5. The summed E-state index contributed by atoms with van der Waals surface area (Å²) in [6, 6.07) is -0.311. The van der Waals surface area contributed by atoms with E-state index in [-0.39, 0.29) is 17.9 Å². The van der Waals surface area contributed by atoms with Gasteiger partial charge in [0, 0.05) is 30.8 Å². The highest BCUT2D eigenvalue weighted by Crippen LogP contribution is 2.31. The second kappa shape index (κ2) is 6.36. The summed E-state index contributed by atoms with van der Waals surface area (Å²) in [5.41, 5.74) is 1.14. The van der Waals surface area contributed by atoms with E-state index in [0.717, 1.165) is 36.6 Å². The summed E-state index contributed by atoms with van der Waals surface area (Å²) in [5.74, 6) is 0.858. The van der Waals surface area contributed by atoms with Gasteiger partial charge in [0.1, 0.15) is 6.04 Å². The van der Waals surface area contributed by atoms with Crippen LogP contribution in [0, 0.1) is 0 Å². The SMILES string of the molecule is CC(C)c1csc([C@H]2CCCN(C(=O)[C@@H]3CCC(=O)N3)C2)n1. The number of nitrogens with one attached hydrogen (secondary N) is 1. The maximum absolute atomic E-state index is 12.5. The first kappa shape index (κ1) is 15.5. The van der Waals surface area contributed by atoms with E-state index in [4.69, 9.17) is 4.98 Å². The smallest absolute Gasteiger partial charge is 0.245 e. The molecule has 2 saturated heterocycles. The lowest BCUT2D eigenvalue weighted by atomic mass is 9.97. The minimum Gasteiger partial charge on any atom is -0.344 e. The fourth-order valence-corrected chi connectivity index (χ4v) is 4.26. The Hall–Kier alpha value is -1.43. The monoisotopic (exact) mass is 321 g/mol. The molecule has 0 unspecified atom stereocenters. The molecule has 3 heterocycles. The van der Waals surface area contributed by atoms with Gasteiger partial charge in [-0.2, -0.15) is 0 Å². The van der Waals surface area contributed by atoms with Gasteiger partial charge in [-0.1, -0.05) is 13.8 Å². The lowest BCUT2D eigenvalue weighted by Crippen LogP contribution is -2.48. The summed E-state index contributed by atoms with van der Waals surface area (Å²) < 4.78 is 0. The summed E-state index contributed by atoms with van der Waals surface area (Å²) in [7, 11) is 0. The van der Waals surface area contributed by atoms with Crippen LogP contribution in [0.1, 0.15) is 62.1 Å². The van der Waals surface area contributed by atoms with Crippen molar-refractivity contribution in [2.75, 3.05) is 13.1 Å². The summed E-state index contributed by atoms with van der Waals surface area (Å²) in [5, 5.41) is 6.07. The van der Waals surface area contributed by atoms with Gasteiger partial charge in [0.05, 0.1) is 10.7 Å². The highest BCUT2D eigenvalue weighted by atomic mass is 32.1. The molecule has 0 spiro atoms. The van der Waals surface area contributed by atoms with Crippen molar-refractivity contribution >= 4 is 23.2 Å². The Kier molecular flexibility index (Phi) is 4.47. The third kappa shape index (κ3) is 3.16. The zero-order valence-electron chi connectivity index (χ0n) is 13.2. The Morgan fingerprint density at radius 2 is 2.27 bits per heavy atom. The molecule has 5 nitrogen and oxygen atoms in total. The standard InChI is InChI=1S/C16H23N3O2S/c1-10(2)13-9-22-15(18-13)11-4-3-7-19(8-11)16(21)12-5-6-14(20)17-12/h9-12H,3-8H2,1-2H3,(H,17,20)/t11-,12-/m0/s1. The predicted octanol–water partition coefficient (Wildman–Crippen LogP) is 2.25. The first-order valence-electron chi connectivity index (χ1n) is 8.08. The third-order valence-corrected chi connectivity index (χ3v) is 5.53. The number of carbonyl (C=O) groups is 2. The number of amides is 2. The number of likely N-dealkylation sites (tertiary alicyclic amines) is 1. The second-order valence-electron chi connectivity index (χ2n) is 6.55. The number of piperidine rings is 1. The quantitative estimate of drug-likeness (QED) is 0.929. The van der Waals surface area contributed by atoms with Crippen molar-refractivity contribution in [2.24, 2.45) is 0 Å². The fourth-order valence-electron chi connectivity index (χ4n) is 3.15. The molecule has 0 radical (unpaired) electrons. The van der Waals surface area contributed by atoms with Crippen LogP contribution >= 0.6 is 11.3 Å². The lowest BCUT2D eigenvalue weighted by molar-refractivity contribution is -0.135. The van der Waals surface area contributed by atoms with Gasteiger partial charge in [-0.05, 0) is 25.2 Å². The van der Waals surface area contributed by atoms with E-state index in [2.05, 4.69) is 24.5 Å². The van der Waals surface area contributed by atoms with Gasteiger partial charge in [-0.3, -0.25) is 9.59 Å². The van der Waals surface area contributed by atoms with Crippen LogP contribution < -0.4 is 5.32 Å². The molecule has 1 aromatic rings. The van der Waals surface area contributed by atoms with E-state index in [9.17, 15) is 9.59 Å². The Bertz CT molecular complexity index is 569. The van der Waals surface area contributed by atoms with Crippen LogP contribution in [0.4, 0.5) is 0 Å². The molecule has 6 heteroatoms. The number of rotatable bonds is 3. The zero-order valence-corrected chi connectivity index (χ0v) is 14.0. The van der Waals surface area contributed by atoms with E-state index in [1.807, 2.05) is 4.90 Å². The molecule has 2 amide bonds. The van der Waals surface area contributed by atoms with E-state index in [1.54, 1.807) is 11.3 Å². The maximum Gasteiger partial charge on any atom is 0.245 e. The topological polar surface area (TPSA) is 62.3 Å². The number of thiazole rings is 1. The van der Waals surface area contributed by atoms with Gasteiger partial charge < -0.3 is 10.2 Å². The molecule has 120 valence electrons. The van der Waals surface area contributed by atoms with Gasteiger partial charge in [0.25, 0.3) is 0 Å². The number of nitrogens with zero attached hydrogens (tertiary/aromatic N) is 2. The van der Waals surface area contributed by atoms with Crippen molar-refractivity contribution < 1.29 is 9.59 Å². The van der Waals surface area contributed by atoms with Crippen LogP contribution in [-0.4, -0.2) is 40.8 Å². The van der Waals surface area contributed by atoms with Crippen molar-refractivity contribution in [3.8, 4) is 0 Å². The van der Waals surface area contributed by atoms with Gasteiger partial charge in [-0.15, -0.1) is 11.3 Å². The average molecular weight is 321 g/mol. The Morgan fingerprint density at radius 1 is 1.45 bits per heavy atom. The molecule has 0 saturated carbocycles. The molecule has 2 fully saturated rings. The summed E-state index contributed by atoms with van der Waals surface area (Å²) in [6.45, 7) is 5.83. The lowest BCUT2D eigenvalue weighted by Gasteiger charge is -2.33. The van der Waals surface area contributed by atoms with E-state index in [0.29, 0.717) is 24.7 Å². The third-order valence-electron chi connectivity index (χ3n) is 4.51. The van der Waals surface area contributed by atoms with Crippen molar-refractivity contribution in [1.82, 2.24) is 15.2 Å². The van der Waals surface area contributed by atoms with E-state index >= 15 is 0 Å². The van der Waals surface area contributed by atoms with Crippen LogP contribution in [0.25, 0.3) is 0 Å². The molecule has 22 heavy (non-hydrogen) atoms. The molecule has 2 atom stereocenters. The van der Waals surface area contributed by atoms with Crippen LogP contribution in [0.3, 0.4) is 0 Å². The van der Waals surface area contributed by atoms with Crippen molar-refractivity contribution in [3.05, 3.63) is 16.1 Å². The molecule has 0 aromatic carbocycles. The van der Waals surface area contributed by atoms with Crippen molar-refractivity contribution in [3.63, 3.8) is 0 Å². The Labute approximate surface area is 135 Å². The molecular weight excluding hydrogens is 298 g/mol. The number of hydrogen-bond donors (Lipinski definition) is 1. The maximum atomic E-state index is 12.5. The minimum absolute atomic E-state index is 0.00610. The first-order chi connectivity index (χ1) is 10.5. The van der Waals surface area contributed by atoms with Crippen molar-refractivity contribution in [2.45, 2.75) is 57.4 Å². The minimum atomic E-state index is -0.311. The molecule has 0 bridgehead atoms. The molecule has 2 aliphatic heterocycles. The molecule has 0 aliphatic carbocycles. The van der Waals surface area contributed by atoms with Gasteiger partial charge >= 0.3 is 0 Å². The van der Waals surface area contributed by atoms with Gasteiger partial charge in [0.15, 0.2) is 0 Å². The van der Waals surface area contributed by atoms with Crippen LogP contribution in [-0.2, 0) is 9.59 Å². The van der Waals surface area contributed by atoms with Gasteiger partial charge in [-0.25, -0.2) is 4.98 Å². The second-order valence-corrected chi connectivity index (χ2v) is 7.44. The predicted molar refractivity (Wildman–Crippen MR) is 85.9 cm³/mol. The van der Waals surface area contributed by atoms with E-state index in [1.165, 1.54) is 0 Å². The normalized spacial score (nSPS) is 25.6. The average Bonchev–Trinajstić information content (AvgIpc) is 3.15. The van der Waals surface area contributed by atoms with Crippen LogP contribution in [0.2, 0.25) is 0 Å². The van der Waals surface area contributed by atoms with E-state index < -0.39 is 0 Å². The summed E-state index contributed by atoms with van der Waals surface area (Å²) >= 11 is 1.71. The Balaban J connectivity index is 1.65. The number of aromatic nitrogens is 1. The molecule has 2 aliphatic rings. The van der Waals surface area contributed by atoms with Gasteiger partial charge in [0.2, 0.25) is 11.8 Å². The molecule has 1 aromatic heterocycles. The fraction of sp³-hybridized carbons (Fsp3) is 0.688.